The number of carbonyl (C=O) groups is 2. The highest BCUT2D eigenvalue weighted by Crippen LogP contribution is 2.05. The van der Waals surface area contributed by atoms with E-state index >= 15 is 0 Å². The Morgan fingerprint density at radius 2 is 0.541 bits per heavy atom. The first kappa shape index (κ1) is 28.4. The van der Waals surface area contributed by atoms with Gasteiger partial charge in [-0.15, -0.1) is 0 Å². The molecule has 3 nitrogen and oxygen atoms in total. The molecule has 3 N–H and O–H groups in total. The Kier molecular flexibility index (Phi) is 12.8. The van der Waals surface area contributed by atoms with Gasteiger partial charge >= 0.3 is 0 Å². The van der Waals surface area contributed by atoms with Crippen LogP contribution in [-0.4, -0.2) is 11.6 Å². The van der Waals surface area contributed by atoms with Crippen LogP contribution in [0.2, 0.25) is 0 Å². The molecule has 3 heteroatoms. The van der Waals surface area contributed by atoms with Crippen molar-refractivity contribution in [1.29, 1.82) is 0 Å². The third-order valence-electron chi connectivity index (χ3n) is 4.96. The summed E-state index contributed by atoms with van der Waals surface area (Å²) in [5.74, 6) is -0.0228. The highest BCUT2D eigenvalue weighted by atomic mass is 16.1. The molecule has 0 atom stereocenters. The zero-order valence-corrected chi connectivity index (χ0v) is 20.7. The average Bonchev–Trinajstić information content (AvgIpc) is 2.95. The second-order valence-electron chi connectivity index (χ2n) is 7.78. The molecule has 184 valence electrons. The van der Waals surface area contributed by atoms with Crippen LogP contribution in [0.4, 0.5) is 0 Å². The highest BCUT2D eigenvalue weighted by molar-refractivity contribution is 6.05. The first-order valence-corrected chi connectivity index (χ1v) is 11.7. The van der Waals surface area contributed by atoms with Crippen LogP contribution >= 0.6 is 0 Å². The van der Waals surface area contributed by atoms with Crippen molar-refractivity contribution in [2.75, 3.05) is 0 Å². The molecule has 0 aliphatic heterocycles. The first-order valence-electron chi connectivity index (χ1n) is 11.7. The molecule has 0 saturated heterocycles. The summed E-state index contributed by atoms with van der Waals surface area (Å²) in [6, 6.07) is 39.1. The van der Waals surface area contributed by atoms with Crippen molar-refractivity contribution in [3.8, 4) is 0 Å². The van der Waals surface area contributed by atoms with Crippen molar-refractivity contribution < 1.29 is 9.59 Å². The van der Waals surface area contributed by atoms with Gasteiger partial charge in [-0.25, -0.2) is 0 Å². The number of rotatable bonds is 8. The van der Waals surface area contributed by atoms with Gasteiger partial charge in [-0.05, 0) is 46.6 Å². The molecular formula is C34H31NO2. The number of hydrogen-bond acceptors (Lipinski definition) is 3. The fourth-order valence-corrected chi connectivity index (χ4v) is 3.08. The summed E-state index contributed by atoms with van der Waals surface area (Å²) in [4.78, 5) is 23.2. The molecular weight excluding hydrogens is 454 g/mol. The molecule has 0 bridgehead atoms. The van der Waals surface area contributed by atoms with E-state index in [9.17, 15) is 9.59 Å². The predicted octanol–water partition coefficient (Wildman–Crippen LogP) is 8.13. The lowest BCUT2D eigenvalue weighted by Gasteiger charge is -1.91. The van der Waals surface area contributed by atoms with Crippen molar-refractivity contribution >= 4 is 35.9 Å². The molecule has 37 heavy (non-hydrogen) atoms. The minimum atomic E-state index is -0.0114. The van der Waals surface area contributed by atoms with E-state index in [4.69, 9.17) is 0 Å². The maximum absolute atomic E-state index is 11.6. The average molecular weight is 486 g/mol. The monoisotopic (exact) mass is 485 g/mol. The van der Waals surface area contributed by atoms with Crippen molar-refractivity contribution in [1.82, 2.24) is 6.15 Å². The summed E-state index contributed by atoms with van der Waals surface area (Å²) >= 11 is 0. The standard InChI is InChI=1S/2C17H14O.H3N/c2*18-17(13-11-15-7-3-1-4-8-15)14-12-16-9-5-2-6-10-16;/h2*1-14H;1H3. The molecule has 0 aliphatic rings. The Bertz CT molecular complexity index is 1110. The minimum Gasteiger partial charge on any atom is -0.344 e. The molecule has 0 unspecified atom stereocenters. The van der Waals surface area contributed by atoms with Crippen molar-refractivity contribution in [3.05, 3.63) is 168 Å². The molecule has 0 fully saturated rings. The van der Waals surface area contributed by atoms with Gasteiger partial charge in [-0.2, -0.15) is 0 Å². The number of carbonyl (C=O) groups excluding carboxylic acids is 2. The number of hydrogen-bond donors (Lipinski definition) is 1. The Hall–Kier alpha value is -4.86. The number of allylic oxidation sites excluding steroid dienone is 4. The lowest BCUT2D eigenvalue weighted by Crippen LogP contribution is -1.84. The first-order chi connectivity index (χ1) is 17.7. The second-order valence-corrected chi connectivity index (χ2v) is 7.78. The Morgan fingerprint density at radius 1 is 0.351 bits per heavy atom. The van der Waals surface area contributed by atoms with Gasteiger partial charge < -0.3 is 6.15 Å². The summed E-state index contributed by atoms with van der Waals surface area (Å²) in [5, 5.41) is 0. The quantitative estimate of drug-likeness (QED) is 0.256. The van der Waals surface area contributed by atoms with Gasteiger partial charge in [-0.3, -0.25) is 9.59 Å². The second kappa shape index (κ2) is 16.7. The third kappa shape index (κ3) is 11.9. The van der Waals surface area contributed by atoms with Crippen LogP contribution < -0.4 is 6.15 Å². The van der Waals surface area contributed by atoms with Crippen LogP contribution in [0.5, 0.6) is 0 Å². The maximum atomic E-state index is 11.6. The van der Waals surface area contributed by atoms with Gasteiger partial charge in [0.05, 0.1) is 0 Å². The fourth-order valence-electron chi connectivity index (χ4n) is 3.08. The van der Waals surface area contributed by atoms with Crippen molar-refractivity contribution in [2.24, 2.45) is 0 Å². The topological polar surface area (TPSA) is 69.1 Å². The van der Waals surface area contributed by atoms with E-state index in [0.717, 1.165) is 22.3 Å². The molecule has 0 saturated carbocycles. The van der Waals surface area contributed by atoms with E-state index in [-0.39, 0.29) is 17.7 Å². The van der Waals surface area contributed by atoms with Crippen LogP contribution in [0.15, 0.2) is 146 Å². The van der Waals surface area contributed by atoms with Gasteiger partial charge in [0.2, 0.25) is 0 Å². The third-order valence-corrected chi connectivity index (χ3v) is 4.96. The van der Waals surface area contributed by atoms with Crippen molar-refractivity contribution in [3.63, 3.8) is 0 Å². The molecule has 0 spiro atoms. The fraction of sp³-hybridized carbons (Fsp3) is 0. The number of benzene rings is 4. The van der Waals surface area contributed by atoms with E-state index in [2.05, 4.69) is 0 Å². The minimum absolute atomic E-state index is 0. The normalized spacial score (nSPS) is 10.8. The van der Waals surface area contributed by atoms with Gasteiger partial charge in [0.15, 0.2) is 11.6 Å². The van der Waals surface area contributed by atoms with Crippen LogP contribution in [0.3, 0.4) is 0 Å². The van der Waals surface area contributed by atoms with Gasteiger partial charge in [0.25, 0.3) is 0 Å². The van der Waals surface area contributed by atoms with E-state index in [1.165, 1.54) is 0 Å². The Labute approximate surface area is 219 Å². The number of ketones is 2. The lowest BCUT2D eigenvalue weighted by molar-refractivity contribution is -0.111. The van der Waals surface area contributed by atoms with E-state index < -0.39 is 0 Å². The van der Waals surface area contributed by atoms with Crippen LogP contribution in [0, 0.1) is 0 Å². The Balaban J connectivity index is 0.000000253. The van der Waals surface area contributed by atoms with E-state index in [1.54, 1.807) is 24.3 Å². The van der Waals surface area contributed by atoms with Crippen LogP contribution in [0.1, 0.15) is 22.3 Å². The smallest absolute Gasteiger partial charge is 0.178 e. The summed E-state index contributed by atoms with van der Waals surface area (Å²) < 4.78 is 0. The molecule has 0 radical (unpaired) electrons. The SMILES string of the molecule is N.O=C(C=Cc1ccccc1)C=Cc1ccccc1.O=C(C=Cc1ccccc1)C=Cc1ccccc1. The van der Waals surface area contributed by atoms with Crippen LogP contribution in [0.25, 0.3) is 24.3 Å². The lowest BCUT2D eigenvalue weighted by atomic mass is 10.1. The zero-order chi connectivity index (χ0) is 25.3. The summed E-state index contributed by atoms with van der Waals surface area (Å²) in [5.41, 5.74) is 4.11. The Morgan fingerprint density at radius 3 is 0.730 bits per heavy atom. The summed E-state index contributed by atoms with van der Waals surface area (Å²) in [7, 11) is 0. The molecule has 4 rings (SSSR count). The van der Waals surface area contributed by atoms with E-state index in [1.807, 2.05) is 146 Å². The molecule has 4 aromatic rings. The maximum Gasteiger partial charge on any atom is 0.178 e. The summed E-state index contributed by atoms with van der Waals surface area (Å²) in [6.07, 6.45) is 13.6. The summed E-state index contributed by atoms with van der Waals surface area (Å²) in [6.45, 7) is 0. The molecule has 4 aromatic carbocycles. The van der Waals surface area contributed by atoms with Gasteiger partial charge in [0, 0.05) is 0 Å². The largest absolute Gasteiger partial charge is 0.344 e. The zero-order valence-electron chi connectivity index (χ0n) is 20.7. The van der Waals surface area contributed by atoms with Crippen LogP contribution in [-0.2, 0) is 9.59 Å². The predicted molar refractivity (Wildman–Crippen MR) is 157 cm³/mol. The van der Waals surface area contributed by atoms with E-state index in [0.29, 0.717) is 0 Å². The molecule has 0 amide bonds. The molecule has 0 aliphatic carbocycles. The van der Waals surface area contributed by atoms with Gasteiger partial charge in [-0.1, -0.05) is 146 Å². The van der Waals surface area contributed by atoms with Gasteiger partial charge in [0.1, 0.15) is 0 Å². The highest BCUT2D eigenvalue weighted by Gasteiger charge is 1.91. The molecule has 0 aromatic heterocycles. The van der Waals surface area contributed by atoms with Crippen molar-refractivity contribution in [2.45, 2.75) is 0 Å². The molecule has 0 heterocycles.